The predicted octanol–water partition coefficient (Wildman–Crippen LogP) is 3.02. The van der Waals surface area contributed by atoms with E-state index in [1.165, 1.54) is 12.1 Å². The van der Waals surface area contributed by atoms with Crippen LogP contribution in [0.1, 0.15) is 36.5 Å². The number of aliphatic hydroxyl groups is 1. The summed E-state index contributed by atoms with van der Waals surface area (Å²) in [5.41, 5.74) is 1.63. The number of aliphatic hydroxyl groups excluding tert-OH is 1. The van der Waals surface area contributed by atoms with Crippen LogP contribution in [0.25, 0.3) is 10.9 Å². The molecule has 1 aromatic heterocycles. The molecule has 1 aliphatic heterocycles. The van der Waals surface area contributed by atoms with Gasteiger partial charge in [0.25, 0.3) is 0 Å². The lowest BCUT2D eigenvalue weighted by molar-refractivity contribution is -0.130. The Kier molecular flexibility index (Phi) is 8.64. The van der Waals surface area contributed by atoms with E-state index >= 15 is 0 Å². The number of piperidine rings is 1. The summed E-state index contributed by atoms with van der Waals surface area (Å²) in [4.78, 5) is 30.9. The molecule has 1 aliphatic rings. The van der Waals surface area contributed by atoms with Gasteiger partial charge in [-0.25, -0.2) is 0 Å². The SMILES string of the molecule is CN(Cc1ccccc1Cl)C(=O)CCN1CCC(NCC(O)c2ccc(O)c3[nH]c(=O)ccc23)CC1. The fraction of sp³-hybridized carbons (Fsp3) is 0.407. The van der Waals surface area contributed by atoms with Crippen LogP contribution < -0.4 is 10.9 Å². The van der Waals surface area contributed by atoms with Crippen LogP contribution in [0.3, 0.4) is 0 Å². The summed E-state index contributed by atoms with van der Waals surface area (Å²) < 4.78 is 0. The highest BCUT2D eigenvalue weighted by Gasteiger charge is 2.22. The number of H-pyrrole nitrogens is 1. The molecular weight excluding hydrogens is 480 g/mol. The molecule has 1 atom stereocenters. The lowest BCUT2D eigenvalue weighted by Crippen LogP contribution is -2.44. The van der Waals surface area contributed by atoms with Crippen LogP contribution in [-0.2, 0) is 11.3 Å². The third-order valence-electron chi connectivity index (χ3n) is 6.89. The van der Waals surface area contributed by atoms with Gasteiger partial charge in [-0.05, 0) is 55.3 Å². The average molecular weight is 513 g/mol. The average Bonchev–Trinajstić information content (AvgIpc) is 2.88. The number of halogens is 1. The number of phenolic OH excluding ortho intramolecular Hbond substituents is 1. The number of nitrogens with one attached hydrogen (secondary N) is 2. The maximum Gasteiger partial charge on any atom is 0.248 e. The number of carbonyl (C=O) groups excluding carboxylic acids is 1. The maximum absolute atomic E-state index is 12.6. The summed E-state index contributed by atoms with van der Waals surface area (Å²) in [6, 6.07) is 14.0. The summed E-state index contributed by atoms with van der Waals surface area (Å²) in [6.07, 6.45) is 1.55. The summed E-state index contributed by atoms with van der Waals surface area (Å²) in [6.45, 7) is 3.37. The Bertz CT molecular complexity index is 1260. The lowest BCUT2D eigenvalue weighted by atomic mass is 10.0. The van der Waals surface area contributed by atoms with E-state index in [4.69, 9.17) is 11.6 Å². The second-order valence-corrected chi connectivity index (χ2v) is 9.82. The fourth-order valence-electron chi connectivity index (χ4n) is 4.71. The molecule has 0 spiro atoms. The zero-order valence-corrected chi connectivity index (χ0v) is 21.2. The minimum Gasteiger partial charge on any atom is -0.506 e. The van der Waals surface area contributed by atoms with E-state index in [9.17, 15) is 19.8 Å². The van der Waals surface area contributed by atoms with Crippen LogP contribution >= 0.6 is 11.6 Å². The topological polar surface area (TPSA) is 109 Å². The molecule has 0 saturated carbocycles. The number of likely N-dealkylation sites (tertiary alicyclic amines) is 1. The van der Waals surface area contributed by atoms with E-state index in [2.05, 4.69) is 15.2 Å². The van der Waals surface area contributed by atoms with Crippen molar-refractivity contribution < 1.29 is 15.0 Å². The number of rotatable bonds is 9. The second-order valence-electron chi connectivity index (χ2n) is 9.42. The van der Waals surface area contributed by atoms with Gasteiger partial charge >= 0.3 is 0 Å². The van der Waals surface area contributed by atoms with Gasteiger partial charge in [0.1, 0.15) is 5.75 Å². The second kappa shape index (κ2) is 11.9. The first kappa shape index (κ1) is 26.2. The zero-order chi connectivity index (χ0) is 25.7. The summed E-state index contributed by atoms with van der Waals surface area (Å²) in [7, 11) is 1.81. The maximum atomic E-state index is 12.6. The molecule has 9 heteroatoms. The number of phenols is 1. The molecule has 36 heavy (non-hydrogen) atoms. The van der Waals surface area contributed by atoms with E-state index in [0.717, 1.165) is 38.0 Å². The summed E-state index contributed by atoms with van der Waals surface area (Å²) in [5, 5.41) is 25.6. The van der Waals surface area contributed by atoms with Gasteiger partial charge in [-0.15, -0.1) is 0 Å². The minimum atomic E-state index is -0.775. The molecule has 2 aromatic carbocycles. The molecule has 4 N–H and O–H groups in total. The van der Waals surface area contributed by atoms with Crippen molar-refractivity contribution in [3.8, 4) is 5.75 Å². The van der Waals surface area contributed by atoms with Crippen LogP contribution in [0.5, 0.6) is 5.75 Å². The molecule has 4 rings (SSSR count). The Labute approximate surface area is 215 Å². The van der Waals surface area contributed by atoms with Gasteiger partial charge in [0, 0.05) is 55.6 Å². The first-order valence-corrected chi connectivity index (χ1v) is 12.7. The number of aromatic amines is 1. The highest BCUT2D eigenvalue weighted by atomic mass is 35.5. The first-order chi connectivity index (χ1) is 17.3. The van der Waals surface area contributed by atoms with Crippen molar-refractivity contribution in [2.24, 2.45) is 0 Å². The van der Waals surface area contributed by atoms with Crippen molar-refractivity contribution in [3.05, 3.63) is 75.0 Å². The molecule has 1 amide bonds. The monoisotopic (exact) mass is 512 g/mol. The molecule has 1 saturated heterocycles. The molecule has 192 valence electrons. The fourth-order valence-corrected chi connectivity index (χ4v) is 4.91. The van der Waals surface area contributed by atoms with Gasteiger partial charge < -0.3 is 30.3 Å². The predicted molar refractivity (Wildman–Crippen MR) is 141 cm³/mol. The van der Waals surface area contributed by atoms with Gasteiger partial charge in [0.05, 0.1) is 11.6 Å². The normalized spacial score (nSPS) is 15.8. The Morgan fingerprint density at radius 3 is 2.69 bits per heavy atom. The molecular formula is C27H33ClN4O4. The number of hydrogen-bond acceptors (Lipinski definition) is 6. The third kappa shape index (κ3) is 6.44. The molecule has 1 fully saturated rings. The van der Waals surface area contributed by atoms with Crippen LogP contribution in [0.15, 0.2) is 53.3 Å². The highest BCUT2D eigenvalue weighted by molar-refractivity contribution is 6.31. The van der Waals surface area contributed by atoms with Gasteiger partial charge in [-0.3, -0.25) is 9.59 Å². The smallest absolute Gasteiger partial charge is 0.248 e. The Morgan fingerprint density at radius 2 is 1.94 bits per heavy atom. The number of amides is 1. The van der Waals surface area contributed by atoms with Gasteiger partial charge in [-0.1, -0.05) is 35.9 Å². The van der Waals surface area contributed by atoms with Crippen molar-refractivity contribution >= 4 is 28.4 Å². The van der Waals surface area contributed by atoms with Crippen molar-refractivity contribution in [2.75, 3.05) is 33.2 Å². The quantitative estimate of drug-likeness (QED) is 0.351. The molecule has 2 heterocycles. The Morgan fingerprint density at radius 1 is 1.19 bits per heavy atom. The van der Waals surface area contributed by atoms with E-state index in [0.29, 0.717) is 41.0 Å². The van der Waals surface area contributed by atoms with Crippen molar-refractivity contribution in [3.63, 3.8) is 0 Å². The standard InChI is InChI=1S/C27H33ClN4O4/c1-31(17-18-4-2-3-5-22(18)28)26(36)12-15-32-13-10-19(11-14-32)29-16-24(34)20-6-8-23(33)27-21(20)7-9-25(35)30-27/h2-9,19,24,29,33-34H,10-17H2,1H3,(H,30,35). The van der Waals surface area contributed by atoms with Crippen molar-refractivity contribution in [1.82, 2.24) is 20.1 Å². The van der Waals surface area contributed by atoms with Crippen LogP contribution in [0, 0.1) is 0 Å². The van der Waals surface area contributed by atoms with Crippen molar-refractivity contribution in [1.29, 1.82) is 0 Å². The highest BCUT2D eigenvalue weighted by Crippen LogP contribution is 2.28. The number of pyridine rings is 1. The van der Waals surface area contributed by atoms with E-state index in [1.807, 2.05) is 31.3 Å². The molecule has 0 radical (unpaired) electrons. The van der Waals surface area contributed by atoms with Gasteiger partial charge in [0.15, 0.2) is 0 Å². The third-order valence-corrected chi connectivity index (χ3v) is 7.26. The summed E-state index contributed by atoms with van der Waals surface area (Å²) >= 11 is 6.21. The van der Waals surface area contributed by atoms with Crippen LogP contribution in [0.4, 0.5) is 0 Å². The molecule has 1 unspecified atom stereocenters. The number of nitrogens with zero attached hydrogens (tertiary/aromatic N) is 2. The molecule has 0 bridgehead atoms. The summed E-state index contributed by atoms with van der Waals surface area (Å²) in [5.74, 6) is 0.0771. The van der Waals surface area contributed by atoms with Crippen LogP contribution in [-0.4, -0.2) is 70.2 Å². The Hall–Kier alpha value is -2.91. The largest absolute Gasteiger partial charge is 0.506 e. The van der Waals surface area contributed by atoms with E-state index in [1.54, 1.807) is 17.0 Å². The number of fused-ring (bicyclic) bond motifs is 1. The van der Waals surface area contributed by atoms with Crippen LogP contribution in [0.2, 0.25) is 5.02 Å². The number of hydrogen-bond donors (Lipinski definition) is 4. The number of carbonyl (C=O) groups is 1. The molecule has 8 nitrogen and oxygen atoms in total. The molecule has 3 aromatic rings. The van der Waals surface area contributed by atoms with Crippen molar-refractivity contribution in [2.45, 2.75) is 38.0 Å². The number of aromatic hydroxyl groups is 1. The van der Waals surface area contributed by atoms with Gasteiger partial charge in [0.2, 0.25) is 11.5 Å². The van der Waals surface area contributed by atoms with Gasteiger partial charge in [-0.2, -0.15) is 0 Å². The number of aromatic nitrogens is 1. The van der Waals surface area contributed by atoms with E-state index in [-0.39, 0.29) is 23.3 Å². The molecule has 0 aliphatic carbocycles. The zero-order valence-electron chi connectivity index (χ0n) is 20.4. The van der Waals surface area contributed by atoms with E-state index < -0.39 is 6.10 Å². The number of benzene rings is 2. The minimum absolute atomic E-state index is 0.0208. The Balaban J connectivity index is 1.21. The lowest BCUT2D eigenvalue weighted by Gasteiger charge is -2.33. The first-order valence-electron chi connectivity index (χ1n) is 12.3.